The highest BCUT2D eigenvalue weighted by atomic mass is 15.2. The van der Waals surface area contributed by atoms with Gasteiger partial charge in [-0.2, -0.15) is 0 Å². The summed E-state index contributed by atoms with van der Waals surface area (Å²) in [7, 11) is 0. The van der Waals surface area contributed by atoms with Crippen LogP contribution in [-0.2, 0) is 6.54 Å². The molecule has 1 N–H and O–H groups in total. The largest absolute Gasteiger partial charge is 0.370 e. The Morgan fingerprint density at radius 2 is 1.81 bits per heavy atom. The lowest BCUT2D eigenvalue weighted by Gasteiger charge is -2.51. The zero-order valence-corrected chi connectivity index (χ0v) is 13.1. The molecule has 3 fully saturated rings. The van der Waals surface area contributed by atoms with Gasteiger partial charge < -0.3 is 10.2 Å². The lowest BCUT2D eigenvalue weighted by atomic mass is 9.73. The van der Waals surface area contributed by atoms with Crippen LogP contribution in [0.25, 0.3) is 0 Å². The van der Waals surface area contributed by atoms with E-state index in [1.54, 1.807) is 0 Å². The average molecular weight is 284 g/mol. The van der Waals surface area contributed by atoms with Crippen LogP contribution in [0.3, 0.4) is 0 Å². The molecule has 2 nitrogen and oxygen atoms in total. The van der Waals surface area contributed by atoms with Gasteiger partial charge in [-0.25, -0.2) is 0 Å². The van der Waals surface area contributed by atoms with Crippen LogP contribution in [0.15, 0.2) is 24.3 Å². The van der Waals surface area contributed by atoms with Crippen molar-refractivity contribution in [2.75, 3.05) is 18.0 Å². The molecule has 0 amide bonds. The van der Waals surface area contributed by atoms with Crippen molar-refractivity contribution in [2.24, 2.45) is 5.41 Å². The summed E-state index contributed by atoms with van der Waals surface area (Å²) >= 11 is 0. The topological polar surface area (TPSA) is 15.3 Å². The van der Waals surface area contributed by atoms with E-state index in [1.165, 1.54) is 75.7 Å². The van der Waals surface area contributed by atoms with Crippen LogP contribution in [0, 0.1) is 5.41 Å². The van der Waals surface area contributed by atoms with Crippen LogP contribution < -0.4 is 10.2 Å². The molecule has 21 heavy (non-hydrogen) atoms. The van der Waals surface area contributed by atoms with Crippen molar-refractivity contribution in [2.45, 2.75) is 64.0 Å². The third kappa shape index (κ3) is 3.11. The normalized spacial score (nSPS) is 24.7. The van der Waals surface area contributed by atoms with Crippen LogP contribution in [-0.4, -0.2) is 19.1 Å². The summed E-state index contributed by atoms with van der Waals surface area (Å²) in [6.45, 7) is 3.64. The van der Waals surface area contributed by atoms with Crippen LogP contribution in [0.1, 0.15) is 56.9 Å². The maximum Gasteiger partial charge on any atom is 0.0369 e. The summed E-state index contributed by atoms with van der Waals surface area (Å²) in [5.74, 6) is 0. The summed E-state index contributed by atoms with van der Waals surface area (Å²) in [6.07, 6.45) is 11.5. The minimum Gasteiger partial charge on any atom is -0.370 e. The second-order valence-electron chi connectivity index (χ2n) is 7.60. The molecule has 1 saturated heterocycles. The Kier molecular flexibility index (Phi) is 3.66. The quantitative estimate of drug-likeness (QED) is 0.895. The second-order valence-corrected chi connectivity index (χ2v) is 7.60. The summed E-state index contributed by atoms with van der Waals surface area (Å²) in [4.78, 5) is 2.60. The number of anilines is 1. The number of hydrogen-bond donors (Lipinski definition) is 1. The van der Waals surface area contributed by atoms with Crippen molar-refractivity contribution < 1.29 is 0 Å². The highest BCUT2D eigenvalue weighted by Gasteiger charge is 2.42. The second kappa shape index (κ2) is 5.64. The predicted molar refractivity (Wildman–Crippen MR) is 88.7 cm³/mol. The van der Waals surface area contributed by atoms with E-state index < -0.39 is 0 Å². The van der Waals surface area contributed by atoms with E-state index in [0.717, 1.165) is 12.6 Å². The maximum atomic E-state index is 3.62. The zero-order chi connectivity index (χ0) is 14.1. The Morgan fingerprint density at radius 3 is 2.52 bits per heavy atom. The Balaban J connectivity index is 1.37. The van der Waals surface area contributed by atoms with Gasteiger partial charge in [0.05, 0.1) is 0 Å². The molecule has 4 rings (SSSR count). The van der Waals surface area contributed by atoms with E-state index in [2.05, 4.69) is 34.5 Å². The fourth-order valence-electron chi connectivity index (χ4n) is 4.15. The van der Waals surface area contributed by atoms with Crippen LogP contribution in [0.5, 0.6) is 0 Å². The van der Waals surface area contributed by atoms with Gasteiger partial charge in [-0.3, -0.25) is 0 Å². The lowest BCUT2D eigenvalue weighted by molar-refractivity contribution is 0.180. The Bertz CT molecular complexity index is 476. The summed E-state index contributed by atoms with van der Waals surface area (Å²) in [5, 5.41) is 3.62. The van der Waals surface area contributed by atoms with Gasteiger partial charge in [0.25, 0.3) is 0 Å². The van der Waals surface area contributed by atoms with Gasteiger partial charge >= 0.3 is 0 Å². The van der Waals surface area contributed by atoms with Gasteiger partial charge in [-0.1, -0.05) is 37.8 Å². The number of benzene rings is 1. The van der Waals surface area contributed by atoms with E-state index in [0.29, 0.717) is 5.41 Å². The van der Waals surface area contributed by atoms with Crippen molar-refractivity contribution >= 4 is 5.69 Å². The molecule has 0 bridgehead atoms. The van der Waals surface area contributed by atoms with E-state index in [4.69, 9.17) is 0 Å². The Morgan fingerprint density at radius 1 is 1.05 bits per heavy atom. The van der Waals surface area contributed by atoms with Gasteiger partial charge in [0.2, 0.25) is 0 Å². The number of hydrogen-bond acceptors (Lipinski definition) is 2. The molecule has 1 aliphatic heterocycles. The Labute approximate surface area is 128 Å². The molecule has 1 aromatic rings. The van der Waals surface area contributed by atoms with E-state index in [9.17, 15) is 0 Å². The molecule has 0 radical (unpaired) electrons. The van der Waals surface area contributed by atoms with Gasteiger partial charge in [0.1, 0.15) is 0 Å². The third-order valence-corrected chi connectivity index (χ3v) is 5.66. The van der Waals surface area contributed by atoms with E-state index in [1.807, 2.05) is 0 Å². The third-order valence-electron chi connectivity index (χ3n) is 5.66. The number of nitrogens with zero attached hydrogens (tertiary/aromatic N) is 1. The number of nitrogens with one attached hydrogen (secondary N) is 1. The first kappa shape index (κ1) is 13.6. The molecule has 114 valence electrons. The minimum atomic E-state index is 0.665. The van der Waals surface area contributed by atoms with Crippen LogP contribution in [0.4, 0.5) is 5.69 Å². The van der Waals surface area contributed by atoms with E-state index >= 15 is 0 Å². The van der Waals surface area contributed by atoms with Gasteiger partial charge in [-0.05, 0) is 43.4 Å². The van der Waals surface area contributed by atoms with Gasteiger partial charge in [0, 0.05) is 36.8 Å². The molecule has 2 saturated carbocycles. The fourth-order valence-corrected chi connectivity index (χ4v) is 4.15. The molecule has 1 spiro atoms. The van der Waals surface area contributed by atoms with Crippen molar-refractivity contribution in [1.82, 2.24) is 5.32 Å². The molecule has 0 atom stereocenters. The summed E-state index contributed by atoms with van der Waals surface area (Å²) < 4.78 is 0. The number of rotatable bonds is 4. The summed E-state index contributed by atoms with van der Waals surface area (Å²) in [6, 6.07) is 9.99. The van der Waals surface area contributed by atoms with Gasteiger partial charge in [0.15, 0.2) is 0 Å². The van der Waals surface area contributed by atoms with E-state index in [-0.39, 0.29) is 0 Å². The SMILES string of the molecule is c1cc(CNC2CC2)cc(N2CC3(CCCCCC3)C2)c1. The van der Waals surface area contributed by atoms with Crippen LogP contribution in [0.2, 0.25) is 0 Å². The molecule has 1 aromatic carbocycles. The molecular weight excluding hydrogens is 256 g/mol. The molecule has 0 aromatic heterocycles. The minimum absolute atomic E-state index is 0.665. The highest BCUT2D eigenvalue weighted by molar-refractivity contribution is 5.51. The van der Waals surface area contributed by atoms with Crippen molar-refractivity contribution in [3.05, 3.63) is 29.8 Å². The summed E-state index contributed by atoms with van der Waals surface area (Å²) in [5.41, 5.74) is 3.56. The first-order valence-electron chi connectivity index (χ1n) is 8.90. The van der Waals surface area contributed by atoms with Crippen molar-refractivity contribution in [1.29, 1.82) is 0 Å². The average Bonchev–Trinajstić information content (AvgIpc) is 3.30. The molecule has 2 aliphatic carbocycles. The monoisotopic (exact) mass is 284 g/mol. The highest BCUT2D eigenvalue weighted by Crippen LogP contribution is 2.44. The fraction of sp³-hybridized carbons (Fsp3) is 0.684. The molecule has 3 aliphatic rings. The maximum absolute atomic E-state index is 3.62. The standard InChI is InChI=1S/C19H28N2/c1-2-4-11-19(10-3-1)14-21(15-19)18-7-5-6-16(12-18)13-20-17-8-9-17/h5-7,12,17,20H,1-4,8-11,13-15H2. The smallest absolute Gasteiger partial charge is 0.0369 e. The predicted octanol–water partition coefficient (Wildman–Crippen LogP) is 4.10. The first-order valence-corrected chi connectivity index (χ1v) is 8.90. The molecular formula is C19H28N2. The zero-order valence-electron chi connectivity index (χ0n) is 13.1. The van der Waals surface area contributed by atoms with Gasteiger partial charge in [-0.15, -0.1) is 0 Å². The van der Waals surface area contributed by atoms with Crippen molar-refractivity contribution in [3.8, 4) is 0 Å². The first-order chi connectivity index (χ1) is 10.3. The molecule has 2 heteroatoms. The van der Waals surface area contributed by atoms with Crippen LogP contribution >= 0.6 is 0 Å². The molecule has 0 unspecified atom stereocenters. The van der Waals surface area contributed by atoms with Crippen molar-refractivity contribution in [3.63, 3.8) is 0 Å². The Hall–Kier alpha value is -1.02. The lowest BCUT2D eigenvalue weighted by Crippen LogP contribution is -2.56. The molecule has 1 heterocycles.